The summed E-state index contributed by atoms with van der Waals surface area (Å²) in [5, 5.41) is 14.9. The van der Waals surface area contributed by atoms with Crippen LogP contribution in [0.4, 0.5) is 45.5 Å². The number of nitrogens with one attached hydrogen (secondary N) is 1. The molecule has 6 rings (SSSR count). The molecule has 1 fully saturated rings. The highest BCUT2D eigenvalue weighted by Gasteiger charge is 2.38. The Morgan fingerprint density at radius 3 is 1.91 bits per heavy atom. The Hall–Kier alpha value is -5.07. The molecular weight excluding hydrogens is 759 g/mol. The highest BCUT2D eigenvalue weighted by Crippen LogP contribution is 2.38. The molecule has 1 aliphatic carbocycles. The van der Waals surface area contributed by atoms with E-state index in [1.165, 1.54) is 11.9 Å². The second-order valence-electron chi connectivity index (χ2n) is 14.2. The van der Waals surface area contributed by atoms with Crippen LogP contribution in [0, 0.1) is 11.8 Å². The molecule has 0 spiro atoms. The molecule has 10 nitrogen and oxygen atoms in total. The molecule has 56 heavy (non-hydrogen) atoms. The second-order valence-corrected chi connectivity index (χ2v) is 14.2. The molecule has 19 heteroatoms. The molecule has 0 bridgehead atoms. The number of fused-ring (bicyclic) bond motifs is 1. The molecule has 2 aromatic heterocycles. The van der Waals surface area contributed by atoms with E-state index >= 15 is 0 Å². The predicted molar refractivity (Wildman–Crippen MR) is 183 cm³/mol. The maximum atomic E-state index is 13.9. The third kappa shape index (κ3) is 9.30. The lowest BCUT2D eigenvalue weighted by atomic mass is 9.80. The summed E-state index contributed by atoms with van der Waals surface area (Å²) >= 11 is 0. The minimum atomic E-state index is -5.12. The number of pyridine rings is 1. The minimum Gasteiger partial charge on any atom is -0.329 e. The number of alkyl halides is 9. The van der Waals surface area contributed by atoms with E-state index < -0.39 is 59.9 Å². The van der Waals surface area contributed by atoms with Crippen LogP contribution in [0.1, 0.15) is 99.3 Å². The van der Waals surface area contributed by atoms with Gasteiger partial charge in [-0.2, -0.15) is 44.3 Å². The van der Waals surface area contributed by atoms with E-state index in [-0.39, 0.29) is 41.0 Å². The molecule has 2 amide bonds. The van der Waals surface area contributed by atoms with Crippen LogP contribution in [0.2, 0.25) is 0 Å². The normalized spacial score (nSPS) is 18.4. The van der Waals surface area contributed by atoms with Crippen LogP contribution in [0.25, 0.3) is 0 Å². The van der Waals surface area contributed by atoms with Crippen molar-refractivity contribution >= 4 is 17.8 Å². The Balaban J connectivity index is 1.15. The van der Waals surface area contributed by atoms with Crippen molar-refractivity contribution in [1.29, 1.82) is 0 Å². The third-order valence-electron chi connectivity index (χ3n) is 10.2. The first-order valence-corrected chi connectivity index (χ1v) is 17.8. The molecule has 4 aromatic rings. The number of carbonyl (C=O) groups excluding carboxylic acids is 2. The van der Waals surface area contributed by atoms with Crippen LogP contribution in [0.15, 0.2) is 54.7 Å². The molecule has 1 aliphatic heterocycles. The van der Waals surface area contributed by atoms with Crippen molar-refractivity contribution in [2.45, 2.75) is 76.7 Å². The smallest absolute Gasteiger partial charge is 0.329 e. The zero-order valence-electron chi connectivity index (χ0n) is 30.1. The Morgan fingerprint density at radius 1 is 0.804 bits per heavy atom. The van der Waals surface area contributed by atoms with Crippen molar-refractivity contribution in [2.75, 3.05) is 18.0 Å². The number of benzene rings is 2. The Labute approximate surface area is 315 Å². The van der Waals surface area contributed by atoms with E-state index in [0.29, 0.717) is 54.9 Å². The van der Waals surface area contributed by atoms with Gasteiger partial charge in [0.25, 0.3) is 17.8 Å². The lowest BCUT2D eigenvalue weighted by molar-refractivity contribution is -0.143. The quantitative estimate of drug-likeness (QED) is 0.114. The topological polar surface area (TPSA) is 109 Å². The summed E-state index contributed by atoms with van der Waals surface area (Å²) in [6, 6.07) is 7.99. The SMILES string of the molecule is CC(NCC1CCC(CCN2C(=O)c3ccccc3C2=O)CC1)c1ncc(C(F)(F)F)cc1CN(Cc1cc(C(F)(F)F)cc(C(F)(F)F)c1)c1nnn(C)n1. The summed E-state index contributed by atoms with van der Waals surface area (Å²) in [6.07, 6.45) is -10.4. The van der Waals surface area contributed by atoms with Crippen LogP contribution in [0.5, 0.6) is 0 Å². The highest BCUT2D eigenvalue weighted by molar-refractivity contribution is 6.21. The summed E-state index contributed by atoms with van der Waals surface area (Å²) in [5.41, 5.74) is -3.66. The third-order valence-corrected chi connectivity index (χ3v) is 10.2. The number of hydrogen-bond acceptors (Lipinski definition) is 8. The van der Waals surface area contributed by atoms with E-state index in [1.807, 2.05) is 0 Å². The van der Waals surface area contributed by atoms with Crippen LogP contribution in [0.3, 0.4) is 0 Å². The lowest BCUT2D eigenvalue weighted by Crippen LogP contribution is -2.33. The number of amides is 2. The molecule has 2 aliphatic rings. The maximum absolute atomic E-state index is 13.9. The van der Waals surface area contributed by atoms with Crippen LogP contribution < -0.4 is 10.2 Å². The van der Waals surface area contributed by atoms with Crippen molar-refractivity contribution in [1.82, 2.24) is 35.4 Å². The average Bonchev–Trinajstić information content (AvgIpc) is 3.68. The summed E-state index contributed by atoms with van der Waals surface area (Å²) < 4.78 is 124. The standard InChI is InChI=1S/C37H37F9N8O2/c1-21(47-17-23-9-7-22(8-10-23)11-12-54-32(55)29-5-3-4-6-30(29)33(54)56)31-25(15-28(18-48-31)37(44,45)46)20-53(34-49-51-52(2)50-34)19-24-13-26(35(38,39)40)16-27(14-24)36(41,42)43/h3-6,13-16,18,21-23,47H,7-12,17,19-20H2,1-2H3. The zero-order chi connectivity index (χ0) is 40.6. The first-order chi connectivity index (χ1) is 26.3. The summed E-state index contributed by atoms with van der Waals surface area (Å²) in [7, 11) is 1.37. The van der Waals surface area contributed by atoms with Gasteiger partial charge in [-0.3, -0.25) is 19.5 Å². The fraction of sp³-hybridized carbons (Fsp3) is 0.459. The van der Waals surface area contributed by atoms with Gasteiger partial charge in [-0.1, -0.05) is 30.1 Å². The number of aromatic nitrogens is 5. The summed E-state index contributed by atoms with van der Waals surface area (Å²) in [4.78, 5) is 33.0. The fourth-order valence-electron chi connectivity index (χ4n) is 7.25. The maximum Gasteiger partial charge on any atom is 0.417 e. The van der Waals surface area contributed by atoms with Gasteiger partial charge in [0, 0.05) is 31.9 Å². The summed E-state index contributed by atoms with van der Waals surface area (Å²) in [6.45, 7) is 1.37. The number of tetrazole rings is 1. The monoisotopic (exact) mass is 796 g/mol. The molecule has 1 saturated carbocycles. The predicted octanol–water partition coefficient (Wildman–Crippen LogP) is 8.01. The van der Waals surface area contributed by atoms with Crippen LogP contribution in [-0.2, 0) is 38.7 Å². The van der Waals surface area contributed by atoms with E-state index in [9.17, 15) is 49.1 Å². The van der Waals surface area contributed by atoms with Crippen molar-refractivity contribution in [3.05, 3.63) is 99.4 Å². The van der Waals surface area contributed by atoms with Gasteiger partial charge in [0.05, 0.1) is 40.6 Å². The minimum absolute atomic E-state index is 0.00725. The van der Waals surface area contributed by atoms with Crippen molar-refractivity contribution in [3.63, 3.8) is 0 Å². The molecule has 1 atom stereocenters. The molecule has 3 heterocycles. The van der Waals surface area contributed by atoms with E-state index in [2.05, 4.69) is 25.7 Å². The van der Waals surface area contributed by atoms with Gasteiger partial charge >= 0.3 is 18.5 Å². The Morgan fingerprint density at radius 2 is 1.38 bits per heavy atom. The number of aryl methyl sites for hydroxylation is 1. The molecular formula is C37H37F9N8O2. The van der Waals surface area contributed by atoms with Gasteiger partial charge in [-0.05, 0) is 97.3 Å². The van der Waals surface area contributed by atoms with E-state index in [0.717, 1.165) is 41.4 Å². The van der Waals surface area contributed by atoms with Crippen molar-refractivity contribution in [2.24, 2.45) is 18.9 Å². The average molecular weight is 797 g/mol. The van der Waals surface area contributed by atoms with Gasteiger partial charge in [-0.25, -0.2) is 0 Å². The molecule has 0 radical (unpaired) electrons. The molecule has 1 N–H and O–H groups in total. The first kappa shape index (κ1) is 40.6. The van der Waals surface area contributed by atoms with E-state index in [4.69, 9.17) is 0 Å². The Bertz CT molecular complexity index is 1990. The molecule has 0 saturated heterocycles. The van der Waals surface area contributed by atoms with Gasteiger partial charge in [-0.15, -0.1) is 5.10 Å². The number of halogens is 9. The van der Waals surface area contributed by atoms with Crippen molar-refractivity contribution < 1.29 is 49.1 Å². The fourth-order valence-corrected chi connectivity index (χ4v) is 7.25. The van der Waals surface area contributed by atoms with Crippen molar-refractivity contribution in [3.8, 4) is 0 Å². The van der Waals surface area contributed by atoms with Gasteiger partial charge in [0.2, 0.25) is 0 Å². The molecule has 2 aromatic carbocycles. The first-order valence-electron chi connectivity index (χ1n) is 17.8. The molecule has 300 valence electrons. The zero-order valence-corrected chi connectivity index (χ0v) is 30.1. The van der Waals surface area contributed by atoms with Crippen LogP contribution >= 0.6 is 0 Å². The number of carbonyl (C=O) groups is 2. The van der Waals surface area contributed by atoms with Gasteiger partial charge < -0.3 is 10.2 Å². The number of nitrogens with zero attached hydrogens (tertiary/aromatic N) is 7. The number of anilines is 1. The second kappa shape index (κ2) is 15.8. The van der Waals surface area contributed by atoms with Gasteiger partial charge in [0.1, 0.15) is 0 Å². The molecule has 1 unspecified atom stereocenters. The highest BCUT2D eigenvalue weighted by atomic mass is 19.4. The Kier molecular flexibility index (Phi) is 11.5. The van der Waals surface area contributed by atoms with Crippen LogP contribution in [-0.4, -0.2) is 55.0 Å². The number of rotatable bonds is 12. The lowest BCUT2D eigenvalue weighted by Gasteiger charge is -2.31. The number of hydrogen-bond donors (Lipinski definition) is 1. The largest absolute Gasteiger partial charge is 0.417 e. The number of imide groups is 1. The summed E-state index contributed by atoms with van der Waals surface area (Å²) in [5.74, 6) is -0.342. The van der Waals surface area contributed by atoms with E-state index in [1.54, 1.807) is 31.2 Å². The van der Waals surface area contributed by atoms with Gasteiger partial charge in [0.15, 0.2) is 0 Å².